The van der Waals surface area contributed by atoms with Crippen LogP contribution in [-0.4, -0.2) is 41.0 Å². The Hall–Kier alpha value is -0.300. The van der Waals surface area contributed by atoms with Crippen LogP contribution in [0.1, 0.15) is 0 Å². The number of aliphatic imine (C=N–C) groups is 1. The van der Waals surface area contributed by atoms with E-state index in [2.05, 4.69) is 15.2 Å². The van der Waals surface area contributed by atoms with Gasteiger partial charge in [-0.3, -0.25) is 4.90 Å². The van der Waals surface area contributed by atoms with Crippen LogP contribution in [0.3, 0.4) is 0 Å². The Morgan fingerprint density at radius 3 is 2.21 bits per heavy atom. The highest BCUT2D eigenvalue weighted by Crippen LogP contribution is 2.36. The molecule has 0 spiro atoms. The number of halogens is 7. The van der Waals surface area contributed by atoms with Crippen LogP contribution < -0.4 is 10.2 Å². The second-order valence-electron chi connectivity index (χ2n) is 6.47. The number of hydrogen-bond donors (Lipinski definition) is 1. The molecule has 4 nitrogen and oxygen atoms in total. The molecule has 0 aromatic heterocycles. The SMILES string of the molecule is CN1CC(=NC(Nc2ccc(Cl)cc2Cl)C(Cl)(Cl)Cl)N(c2cc(Cl)cc(Cl)c2)C1. The minimum Gasteiger partial charge on any atom is -0.359 e. The van der Waals surface area contributed by atoms with Gasteiger partial charge in [-0.05, 0) is 43.4 Å². The van der Waals surface area contributed by atoms with E-state index in [0.717, 1.165) is 5.69 Å². The summed E-state index contributed by atoms with van der Waals surface area (Å²) >= 11 is 43.2. The van der Waals surface area contributed by atoms with Gasteiger partial charge in [-0.25, -0.2) is 4.99 Å². The first-order valence-electron chi connectivity index (χ1n) is 8.30. The van der Waals surface area contributed by atoms with Crippen molar-refractivity contribution >= 4 is 98.4 Å². The van der Waals surface area contributed by atoms with E-state index in [1.807, 2.05) is 11.9 Å². The Kier molecular flexibility index (Phi) is 7.62. The lowest BCUT2D eigenvalue weighted by molar-refractivity contribution is 0.428. The quantitative estimate of drug-likeness (QED) is 0.420. The first-order chi connectivity index (χ1) is 13.5. The molecule has 0 aliphatic carbocycles. The van der Waals surface area contributed by atoms with E-state index in [0.29, 0.717) is 44.8 Å². The minimum atomic E-state index is -1.74. The molecule has 0 saturated carbocycles. The van der Waals surface area contributed by atoms with E-state index in [1.54, 1.807) is 36.4 Å². The first-order valence-corrected chi connectivity index (χ1v) is 10.9. The minimum absolute atomic E-state index is 0.388. The maximum Gasteiger partial charge on any atom is 0.230 e. The summed E-state index contributed by atoms with van der Waals surface area (Å²) in [6, 6.07) is 10.2. The van der Waals surface area contributed by atoms with E-state index < -0.39 is 9.96 Å². The van der Waals surface area contributed by atoms with Crippen LogP contribution in [-0.2, 0) is 0 Å². The Labute approximate surface area is 204 Å². The average Bonchev–Trinajstić information content (AvgIpc) is 2.95. The van der Waals surface area contributed by atoms with Crippen LogP contribution in [0.5, 0.6) is 0 Å². The lowest BCUT2D eigenvalue weighted by Gasteiger charge is -2.26. The van der Waals surface area contributed by atoms with Gasteiger partial charge in [0.15, 0.2) is 6.17 Å². The van der Waals surface area contributed by atoms with E-state index in [-0.39, 0.29) is 0 Å². The third kappa shape index (κ3) is 6.11. The molecule has 11 heteroatoms. The van der Waals surface area contributed by atoms with Gasteiger partial charge in [0.25, 0.3) is 0 Å². The molecule has 0 radical (unpaired) electrons. The van der Waals surface area contributed by atoms with Crippen molar-refractivity contribution in [3.63, 3.8) is 0 Å². The number of benzene rings is 2. The second-order valence-corrected chi connectivity index (χ2v) is 10.6. The highest BCUT2D eigenvalue weighted by molar-refractivity contribution is 6.68. The van der Waals surface area contributed by atoms with Crippen LogP contribution in [0, 0.1) is 0 Å². The highest BCUT2D eigenvalue weighted by atomic mass is 35.6. The summed E-state index contributed by atoms with van der Waals surface area (Å²) in [5, 5.41) is 5.00. The van der Waals surface area contributed by atoms with E-state index in [9.17, 15) is 0 Å². The van der Waals surface area contributed by atoms with Crippen molar-refractivity contribution in [2.24, 2.45) is 4.99 Å². The van der Waals surface area contributed by atoms with Gasteiger partial charge < -0.3 is 10.2 Å². The summed E-state index contributed by atoms with van der Waals surface area (Å²) in [6.45, 7) is 1.11. The molecule has 0 bridgehead atoms. The van der Waals surface area contributed by atoms with Crippen molar-refractivity contribution in [2.45, 2.75) is 9.96 Å². The van der Waals surface area contributed by atoms with Gasteiger partial charge in [0.2, 0.25) is 3.79 Å². The summed E-state index contributed by atoms with van der Waals surface area (Å²) in [4.78, 5) is 8.69. The molecule has 3 rings (SSSR count). The van der Waals surface area contributed by atoms with Gasteiger partial charge in [0.1, 0.15) is 5.84 Å². The Morgan fingerprint density at radius 2 is 1.62 bits per heavy atom. The van der Waals surface area contributed by atoms with Crippen LogP contribution in [0.4, 0.5) is 11.4 Å². The smallest absolute Gasteiger partial charge is 0.230 e. The standard InChI is InChI=1S/C18H15Cl7N4/c1-28-8-16(29(9-28)13-5-11(20)4-12(21)6-13)27-17(18(23,24)25)26-15-3-2-10(19)7-14(15)22/h2-7,17,26H,8-9H2,1H3. The molecule has 1 fully saturated rings. The third-order valence-electron chi connectivity index (χ3n) is 4.08. The Bertz CT molecular complexity index is 909. The van der Waals surface area contributed by atoms with Gasteiger partial charge in [0.05, 0.1) is 23.9 Å². The first kappa shape index (κ1) is 23.4. The maximum absolute atomic E-state index is 6.25. The molecule has 2 aromatic carbocycles. The monoisotopic (exact) mass is 532 g/mol. The topological polar surface area (TPSA) is 30.9 Å². The normalized spacial score (nSPS) is 17.8. The summed E-state index contributed by atoms with van der Waals surface area (Å²) in [5.74, 6) is 0.680. The van der Waals surface area contributed by atoms with Crippen LogP contribution in [0.25, 0.3) is 0 Å². The molecule has 1 aliphatic rings. The van der Waals surface area contributed by atoms with Crippen molar-refractivity contribution in [3.05, 3.63) is 56.5 Å². The fraction of sp³-hybridized carbons (Fsp3) is 0.278. The Balaban J connectivity index is 1.96. The maximum atomic E-state index is 6.25. The summed E-state index contributed by atoms with van der Waals surface area (Å²) < 4.78 is -1.74. The van der Waals surface area contributed by atoms with E-state index in [4.69, 9.17) is 81.2 Å². The van der Waals surface area contributed by atoms with Gasteiger partial charge in [-0.1, -0.05) is 81.2 Å². The molecule has 2 aromatic rings. The molecule has 1 unspecified atom stereocenters. The van der Waals surface area contributed by atoms with Crippen molar-refractivity contribution in [3.8, 4) is 0 Å². The van der Waals surface area contributed by atoms with E-state index in [1.165, 1.54) is 0 Å². The average molecular weight is 536 g/mol. The molecule has 1 heterocycles. The number of nitrogens with one attached hydrogen (secondary N) is 1. The third-order valence-corrected chi connectivity index (χ3v) is 5.68. The second kappa shape index (κ2) is 9.46. The molecular weight excluding hydrogens is 520 g/mol. The summed E-state index contributed by atoms with van der Waals surface area (Å²) in [5.41, 5.74) is 1.33. The number of hydrogen-bond acceptors (Lipinski definition) is 3. The molecular formula is C18H15Cl7N4. The van der Waals surface area contributed by atoms with E-state index >= 15 is 0 Å². The zero-order valence-electron chi connectivity index (χ0n) is 14.9. The van der Waals surface area contributed by atoms with Crippen LogP contribution in [0.15, 0.2) is 41.4 Å². The van der Waals surface area contributed by atoms with Gasteiger partial charge >= 0.3 is 0 Å². The number of nitrogens with zero attached hydrogens (tertiary/aromatic N) is 3. The van der Waals surface area contributed by atoms with Crippen molar-refractivity contribution in [1.29, 1.82) is 0 Å². The number of rotatable bonds is 4. The zero-order chi connectivity index (χ0) is 21.3. The van der Waals surface area contributed by atoms with Crippen molar-refractivity contribution in [2.75, 3.05) is 30.5 Å². The number of anilines is 2. The molecule has 156 valence electrons. The number of amidine groups is 1. The largest absolute Gasteiger partial charge is 0.359 e. The number of likely N-dealkylation sites (N-methyl/N-ethyl adjacent to an activating group) is 1. The molecule has 1 N–H and O–H groups in total. The fourth-order valence-corrected chi connectivity index (χ4v) is 4.11. The predicted octanol–water partition coefficient (Wildman–Crippen LogP) is 7.22. The molecule has 1 aliphatic heterocycles. The molecule has 0 amide bonds. The molecule has 1 saturated heterocycles. The van der Waals surface area contributed by atoms with Crippen molar-refractivity contribution < 1.29 is 0 Å². The predicted molar refractivity (Wildman–Crippen MR) is 128 cm³/mol. The lowest BCUT2D eigenvalue weighted by atomic mass is 10.3. The van der Waals surface area contributed by atoms with Crippen molar-refractivity contribution in [1.82, 2.24) is 4.90 Å². The van der Waals surface area contributed by atoms with Gasteiger partial charge in [-0.2, -0.15) is 0 Å². The van der Waals surface area contributed by atoms with Crippen LogP contribution >= 0.6 is 81.2 Å². The van der Waals surface area contributed by atoms with Gasteiger partial charge in [-0.15, -0.1) is 0 Å². The Morgan fingerprint density at radius 1 is 0.966 bits per heavy atom. The number of alkyl halides is 3. The molecule has 1 atom stereocenters. The summed E-state index contributed by atoms with van der Waals surface area (Å²) in [7, 11) is 1.95. The fourth-order valence-electron chi connectivity index (χ4n) is 2.83. The zero-order valence-corrected chi connectivity index (χ0v) is 20.2. The van der Waals surface area contributed by atoms with Gasteiger partial charge in [0, 0.05) is 20.8 Å². The lowest BCUT2D eigenvalue weighted by Crippen LogP contribution is -2.36. The van der Waals surface area contributed by atoms with Crippen LogP contribution in [0.2, 0.25) is 20.1 Å². The highest BCUT2D eigenvalue weighted by Gasteiger charge is 2.35. The summed E-state index contributed by atoms with van der Waals surface area (Å²) in [6.07, 6.45) is -0.912. The molecule has 29 heavy (non-hydrogen) atoms.